The lowest BCUT2D eigenvalue weighted by atomic mass is 9.86. The zero-order valence-corrected chi connectivity index (χ0v) is 13.3. The first-order valence-electron chi connectivity index (χ1n) is 7.55. The highest BCUT2D eigenvalue weighted by atomic mass is 16.5. The Kier molecular flexibility index (Phi) is 5.67. The Morgan fingerprint density at radius 2 is 1.74 bits per heavy atom. The van der Waals surface area contributed by atoms with Gasteiger partial charge in [0.1, 0.15) is 0 Å². The summed E-state index contributed by atoms with van der Waals surface area (Å²) in [6.45, 7) is 0. The lowest BCUT2D eigenvalue weighted by Crippen LogP contribution is -2.40. The molecule has 23 heavy (non-hydrogen) atoms. The Morgan fingerprint density at radius 1 is 1.09 bits per heavy atom. The predicted molar refractivity (Wildman–Crippen MR) is 85.1 cm³/mol. The number of benzene rings is 1. The number of urea groups is 1. The molecular formula is C16H22N2O5. The number of aliphatic carboxylic acids is 1. The van der Waals surface area contributed by atoms with Gasteiger partial charge in [0.05, 0.1) is 20.1 Å². The summed E-state index contributed by atoms with van der Waals surface area (Å²) in [6, 6.07) is 4.82. The number of hydrogen-bond acceptors (Lipinski definition) is 4. The molecule has 0 bridgehead atoms. The molecule has 0 aromatic heterocycles. The monoisotopic (exact) mass is 322 g/mol. The largest absolute Gasteiger partial charge is 0.493 e. The van der Waals surface area contributed by atoms with Gasteiger partial charge in [0.15, 0.2) is 11.5 Å². The molecule has 0 radical (unpaired) electrons. The molecule has 0 aliphatic heterocycles. The van der Waals surface area contributed by atoms with Gasteiger partial charge < -0.3 is 25.2 Å². The summed E-state index contributed by atoms with van der Waals surface area (Å²) in [5.74, 6) is 0.0814. The molecule has 7 heteroatoms. The number of ether oxygens (including phenoxy) is 2. The van der Waals surface area contributed by atoms with Crippen LogP contribution < -0.4 is 20.1 Å². The maximum absolute atomic E-state index is 12.0. The third-order valence-corrected chi connectivity index (χ3v) is 4.05. The van der Waals surface area contributed by atoms with E-state index in [0.717, 1.165) is 0 Å². The molecule has 1 aromatic carbocycles. The topological polar surface area (TPSA) is 96.9 Å². The van der Waals surface area contributed by atoms with Crippen molar-refractivity contribution in [3.05, 3.63) is 18.2 Å². The van der Waals surface area contributed by atoms with E-state index in [-0.39, 0.29) is 18.0 Å². The van der Waals surface area contributed by atoms with E-state index in [9.17, 15) is 9.59 Å². The Balaban J connectivity index is 1.87. The lowest BCUT2D eigenvalue weighted by Gasteiger charge is -2.26. The number of nitrogens with one attached hydrogen (secondary N) is 2. The third kappa shape index (κ3) is 4.51. The summed E-state index contributed by atoms with van der Waals surface area (Å²) >= 11 is 0. The molecule has 0 saturated heterocycles. The van der Waals surface area contributed by atoms with E-state index in [1.54, 1.807) is 25.3 Å². The summed E-state index contributed by atoms with van der Waals surface area (Å²) in [5.41, 5.74) is 0.597. The normalized spacial score (nSPS) is 20.4. The average molecular weight is 322 g/mol. The van der Waals surface area contributed by atoms with E-state index in [1.807, 2.05) is 0 Å². The summed E-state index contributed by atoms with van der Waals surface area (Å²) in [6.07, 6.45) is 2.54. The number of anilines is 1. The number of carbonyl (C=O) groups excluding carboxylic acids is 1. The molecule has 1 aliphatic carbocycles. The van der Waals surface area contributed by atoms with Crippen LogP contribution in [-0.4, -0.2) is 37.4 Å². The Morgan fingerprint density at radius 3 is 2.30 bits per heavy atom. The summed E-state index contributed by atoms with van der Waals surface area (Å²) in [7, 11) is 3.08. The van der Waals surface area contributed by atoms with Crippen molar-refractivity contribution in [2.24, 2.45) is 5.92 Å². The number of carboxylic acids is 1. The minimum Gasteiger partial charge on any atom is -0.493 e. The highest BCUT2D eigenvalue weighted by molar-refractivity contribution is 5.89. The van der Waals surface area contributed by atoms with Gasteiger partial charge in [-0.1, -0.05) is 0 Å². The van der Waals surface area contributed by atoms with Crippen LogP contribution in [0.3, 0.4) is 0 Å². The first-order chi connectivity index (χ1) is 11.0. The van der Waals surface area contributed by atoms with E-state index >= 15 is 0 Å². The van der Waals surface area contributed by atoms with E-state index in [4.69, 9.17) is 14.6 Å². The van der Waals surface area contributed by atoms with Crippen molar-refractivity contribution in [3.8, 4) is 11.5 Å². The average Bonchev–Trinajstić information content (AvgIpc) is 2.55. The fraction of sp³-hybridized carbons (Fsp3) is 0.500. The molecule has 126 valence electrons. The maximum Gasteiger partial charge on any atom is 0.319 e. The second-order valence-electron chi connectivity index (χ2n) is 5.56. The number of amides is 2. The van der Waals surface area contributed by atoms with Gasteiger partial charge in [-0.15, -0.1) is 0 Å². The molecule has 2 rings (SSSR count). The quantitative estimate of drug-likeness (QED) is 0.774. The zero-order valence-electron chi connectivity index (χ0n) is 13.3. The molecule has 1 aromatic rings. The highest BCUT2D eigenvalue weighted by Crippen LogP contribution is 2.30. The standard InChI is InChI=1S/C16H22N2O5/c1-22-13-8-7-12(9-14(13)23-2)18-16(21)17-11-5-3-10(4-6-11)15(19)20/h7-11H,3-6H2,1-2H3,(H,19,20)(H2,17,18,21). The third-order valence-electron chi connectivity index (χ3n) is 4.05. The van der Waals surface area contributed by atoms with Crippen LogP contribution in [0, 0.1) is 5.92 Å². The molecule has 2 amide bonds. The minimum atomic E-state index is -0.752. The number of rotatable bonds is 5. The Hall–Kier alpha value is -2.44. The number of methoxy groups -OCH3 is 2. The molecule has 7 nitrogen and oxygen atoms in total. The fourth-order valence-corrected chi connectivity index (χ4v) is 2.75. The van der Waals surface area contributed by atoms with Gasteiger partial charge in [-0.2, -0.15) is 0 Å². The van der Waals surface area contributed by atoms with Crippen molar-refractivity contribution in [2.75, 3.05) is 19.5 Å². The van der Waals surface area contributed by atoms with Crippen molar-refractivity contribution in [1.82, 2.24) is 5.32 Å². The second kappa shape index (κ2) is 7.71. The Bertz CT molecular complexity index is 568. The van der Waals surface area contributed by atoms with Crippen molar-refractivity contribution >= 4 is 17.7 Å². The van der Waals surface area contributed by atoms with Crippen molar-refractivity contribution in [2.45, 2.75) is 31.7 Å². The van der Waals surface area contributed by atoms with Crippen LogP contribution in [0.25, 0.3) is 0 Å². The molecule has 0 atom stereocenters. The van der Waals surface area contributed by atoms with Gasteiger partial charge in [-0.25, -0.2) is 4.79 Å². The molecule has 0 unspecified atom stereocenters. The van der Waals surface area contributed by atoms with E-state index in [1.165, 1.54) is 7.11 Å². The van der Waals surface area contributed by atoms with Crippen LogP contribution in [0.2, 0.25) is 0 Å². The molecule has 1 saturated carbocycles. The molecule has 1 fully saturated rings. The minimum absolute atomic E-state index is 0.00532. The summed E-state index contributed by atoms with van der Waals surface area (Å²) < 4.78 is 10.3. The number of carboxylic acid groups (broad SMARTS) is 1. The summed E-state index contributed by atoms with van der Waals surface area (Å²) in [4.78, 5) is 23.0. The van der Waals surface area contributed by atoms with Crippen LogP contribution in [0.15, 0.2) is 18.2 Å². The molecule has 0 heterocycles. The van der Waals surface area contributed by atoms with E-state index in [2.05, 4.69) is 10.6 Å². The molecule has 0 spiro atoms. The van der Waals surface area contributed by atoms with Gasteiger partial charge >= 0.3 is 12.0 Å². The summed E-state index contributed by atoms with van der Waals surface area (Å²) in [5, 5.41) is 14.6. The van der Waals surface area contributed by atoms with Gasteiger partial charge in [-0.05, 0) is 37.8 Å². The van der Waals surface area contributed by atoms with E-state index in [0.29, 0.717) is 42.9 Å². The maximum atomic E-state index is 12.0. The number of hydrogen-bond donors (Lipinski definition) is 3. The first kappa shape index (κ1) is 16.9. The van der Waals surface area contributed by atoms with Crippen LogP contribution >= 0.6 is 0 Å². The van der Waals surface area contributed by atoms with Crippen LogP contribution in [0.1, 0.15) is 25.7 Å². The van der Waals surface area contributed by atoms with Crippen LogP contribution in [-0.2, 0) is 4.79 Å². The lowest BCUT2D eigenvalue weighted by molar-refractivity contribution is -0.142. The molecular weight excluding hydrogens is 300 g/mol. The Labute approximate surface area is 135 Å². The van der Waals surface area contributed by atoms with Gasteiger partial charge in [0, 0.05) is 17.8 Å². The molecule has 1 aliphatic rings. The second-order valence-corrected chi connectivity index (χ2v) is 5.56. The van der Waals surface area contributed by atoms with Gasteiger partial charge in [-0.3, -0.25) is 4.79 Å². The van der Waals surface area contributed by atoms with Crippen molar-refractivity contribution in [1.29, 1.82) is 0 Å². The first-order valence-corrected chi connectivity index (χ1v) is 7.55. The van der Waals surface area contributed by atoms with Gasteiger partial charge in [0.2, 0.25) is 0 Å². The van der Waals surface area contributed by atoms with E-state index < -0.39 is 5.97 Å². The predicted octanol–water partition coefficient (Wildman–Crippen LogP) is 2.47. The van der Waals surface area contributed by atoms with Crippen LogP contribution in [0.4, 0.5) is 10.5 Å². The zero-order chi connectivity index (χ0) is 16.8. The van der Waals surface area contributed by atoms with Gasteiger partial charge in [0.25, 0.3) is 0 Å². The number of carbonyl (C=O) groups is 2. The smallest absolute Gasteiger partial charge is 0.319 e. The van der Waals surface area contributed by atoms with Crippen molar-refractivity contribution in [3.63, 3.8) is 0 Å². The fourth-order valence-electron chi connectivity index (χ4n) is 2.75. The highest BCUT2D eigenvalue weighted by Gasteiger charge is 2.26. The molecule has 3 N–H and O–H groups in total. The van der Waals surface area contributed by atoms with Crippen LogP contribution in [0.5, 0.6) is 11.5 Å². The van der Waals surface area contributed by atoms with Crippen molar-refractivity contribution < 1.29 is 24.2 Å². The SMILES string of the molecule is COc1ccc(NC(=O)NC2CCC(C(=O)O)CC2)cc1OC.